The summed E-state index contributed by atoms with van der Waals surface area (Å²) in [7, 11) is 0. The third-order valence-corrected chi connectivity index (χ3v) is 4.24. The van der Waals surface area contributed by atoms with E-state index in [0.29, 0.717) is 18.0 Å². The first-order valence-corrected chi connectivity index (χ1v) is 8.46. The maximum absolute atomic E-state index is 12.4. The van der Waals surface area contributed by atoms with Gasteiger partial charge in [-0.25, -0.2) is 4.98 Å². The van der Waals surface area contributed by atoms with Crippen molar-refractivity contribution in [1.29, 1.82) is 0 Å². The zero-order chi connectivity index (χ0) is 16.8. The van der Waals surface area contributed by atoms with E-state index >= 15 is 0 Å². The van der Waals surface area contributed by atoms with Gasteiger partial charge in [-0.1, -0.05) is 29.8 Å². The van der Waals surface area contributed by atoms with E-state index in [1.54, 1.807) is 0 Å². The van der Waals surface area contributed by atoms with Crippen molar-refractivity contribution < 1.29 is 9.21 Å². The molecule has 0 spiro atoms. The van der Waals surface area contributed by atoms with Gasteiger partial charge in [-0.15, -0.1) is 0 Å². The van der Waals surface area contributed by atoms with E-state index in [-0.39, 0.29) is 5.91 Å². The number of hydrogen-bond acceptors (Lipinski definition) is 5. The number of amides is 1. The van der Waals surface area contributed by atoms with E-state index in [4.69, 9.17) is 4.42 Å². The fourth-order valence-corrected chi connectivity index (χ4v) is 2.84. The van der Waals surface area contributed by atoms with E-state index in [1.165, 1.54) is 6.39 Å². The largest absolute Gasteiger partial charge is 0.443 e. The Balaban J connectivity index is 1.52. The van der Waals surface area contributed by atoms with Crippen molar-refractivity contribution in [3.63, 3.8) is 0 Å². The van der Waals surface area contributed by atoms with Crippen molar-refractivity contribution in [2.75, 3.05) is 39.3 Å². The average Bonchev–Trinajstić information content (AvgIpc) is 3.10. The van der Waals surface area contributed by atoms with Crippen LogP contribution in [-0.4, -0.2) is 55.1 Å². The number of aryl methyl sites for hydroxylation is 1. The van der Waals surface area contributed by atoms with Gasteiger partial charge < -0.3 is 20.0 Å². The summed E-state index contributed by atoms with van der Waals surface area (Å²) in [5.74, 6) is 0.342. The summed E-state index contributed by atoms with van der Waals surface area (Å²) < 4.78 is 5.43. The molecule has 1 saturated heterocycles. The number of piperazine rings is 1. The summed E-state index contributed by atoms with van der Waals surface area (Å²) in [4.78, 5) is 18.9. The highest BCUT2D eigenvalue weighted by Crippen LogP contribution is 2.23. The first-order valence-electron chi connectivity index (χ1n) is 8.46. The van der Waals surface area contributed by atoms with Gasteiger partial charge in [0.2, 0.25) is 0 Å². The van der Waals surface area contributed by atoms with Crippen molar-refractivity contribution in [3.8, 4) is 11.3 Å². The summed E-state index contributed by atoms with van der Waals surface area (Å²) >= 11 is 0. The fourth-order valence-electron chi connectivity index (χ4n) is 2.84. The zero-order valence-corrected chi connectivity index (χ0v) is 14.0. The number of nitrogens with one attached hydrogen (secondary N) is 2. The highest BCUT2D eigenvalue weighted by Gasteiger charge is 2.18. The minimum absolute atomic E-state index is 0.181. The van der Waals surface area contributed by atoms with Crippen molar-refractivity contribution in [2.24, 2.45) is 0 Å². The molecule has 6 nitrogen and oxygen atoms in total. The van der Waals surface area contributed by atoms with Crippen LogP contribution in [0.5, 0.6) is 0 Å². The van der Waals surface area contributed by atoms with Gasteiger partial charge in [-0.05, 0) is 19.9 Å². The number of carbonyl (C=O) groups is 1. The molecule has 1 aromatic carbocycles. The molecule has 0 saturated carbocycles. The Bertz CT molecular complexity index is 660. The summed E-state index contributed by atoms with van der Waals surface area (Å²) in [6, 6.07) is 7.87. The standard InChI is InChI=1S/C18H24N4O2/c1-14-3-5-15(6-4-14)17-16(21-13-24-17)18(23)20-7-2-10-22-11-8-19-9-12-22/h3-6,13,19H,2,7-12H2,1H3,(H,20,23). The first kappa shape index (κ1) is 16.7. The van der Waals surface area contributed by atoms with Crippen LogP contribution in [0.1, 0.15) is 22.5 Å². The van der Waals surface area contributed by atoms with Crippen molar-refractivity contribution in [3.05, 3.63) is 41.9 Å². The molecule has 1 aromatic heterocycles. The van der Waals surface area contributed by atoms with Gasteiger partial charge in [0.25, 0.3) is 5.91 Å². The van der Waals surface area contributed by atoms with Gasteiger partial charge in [-0.3, -0.25) is 4.79 Å². The van der Waals surface area contributed by atoms with Gasteiger partial charge in [0.1, 0.15) is 0 Å². The number of benzene rings is 1. The summed E-state index contributed by atoms with van der Waals surface area (Å²) in [6.45, 7) is 7.92. The molecule has 6 heteroatoms. The third-order valence-electron chi connectivity index (χ3n) is 4.24. The number of oxazole rings is 1. The van der Waals surface area contributed by atoms with Crippen LogP contribution >= 0.6 is 0 Å². The Hall–Kier alpha value is -2.18. The molecule has 0 radical (unpaired) electrons. The van der Waals surface area contributed by atoms with Crippen LogP contribution in [0.15, 0.2) is 35.1 Å². The van der Waals surface area contributed by atoms with Crippen LogP contribution in [0, 0.1) is 6.92 Å². The molecule has 0 atom stereocenters. The molecule has 2 heterocycles. The normalized spacial score (nSPS) is 15.4. The fraction of sp³-hybridized carbons (Fsp3) is 0.444. The molecule has 2 N–H and O–H groups in total. The second kappa shape index (κ2) is 8.08. The number of carbonyl (C=O) groups excluding carboxylic acids is 1. The minimum atomic E-state index is -0.181. The van der Waals surface area contributed by atoms with Crippen molar-refractivity contribution in [2.45, 2.75) is 13.3 Å². The molecule has 0 unspecified atom stereocenters. The van der Waals surface area contributed by atoms with Crippen LogP contribution in [-0.2, 0) is 0 Å². The quantitative estimate of drug-likeness (QED) is 0.790. The molecular formula is C18H24N4O2. The highest BCUT2D eigenvalue weighted by molar-refractivity contribution is 5.97. The van der Waals surface area contributed by atoms with Crippen molar-refractivity contribution >= 4 is 5.91 Å². The molecule has 1 amide bonds. The summed E-state index contributed by atoms with van der Waals surface area (Å²) in [5, 5.41) is 6.28. The van der Waals surface area contributed by atoms with Crippen molar-refractivity contribution in [1.82, 2.24) is 20.5 Å². The lowest BCUT2D eigenvalue weighted by Crippen LogP contribution is -2.44. The lowest BCUT2D eigenvalue weighted by atomic mass is 10.1. The zero-order valence-electron chi connectivity index (χ0n) is 14.0. The Morgan fingerprint density at radius 1 is 1.29 bits per heavy atom. The molecule has 0 aliphatic carbocycles. The van der Waals surface area contributed by atoms with Gasteiger partial charge >= 0.3 is 0 Å². The average molecular weight is 328 g/mol. The lowest BCUT2D eigenvalue weighted by Gasteiger charge is -2.27. The van der Waals surface area contributed by atoms with Crippen LogP contribution in [0.4, 0.5) is 0 Å². The molecule has 0 bridgehead atoms. The van der Waals surface area contributed by atoms with E-state index in [9.17, 15) is 4.79 Å². The van der Waals surface area contributed by atoms with E-state index in [2.05, 4.69) is 20.5 Å². The Morgan fingerprint density at radius 3 is 2.79 bits per heavy atom. The van der Waals surface area contributed by atoms with Crippen LogP contribution < -0.4 is 10.6 Å². The molecule has 3 rings (SSSR count). The number of aromatic nitrogens is 1. The summed E-state index contributed by atoms with van der Waals surface area (Å²) in [6.07, 6.45) is 2.26. The summed E-state index contributed by atoms with van der Waals surface area (Å²) in [5.41, 5.74) is 2.38. The third kappa shape index (κ3) is 4.21. The second-order valence-corrected chi connectivity index (χ2v) is 6.10. The SMILES string of the molecule is Cc1ccc(-c2ocnc2C(=O)NCCCN2CCNCC2)cc1. The van der Waals surface area contributed by atoms with Gasteiger partial charge in [0.05, 0.1) is 0 Å². The molecule has 128 valence electrons. The number of hydrogen-bond donors (Lipinski definition) is 2. The molecule has 24 heavy (non-hydrogen) atoms. The van der Waals surface area contributed by atoms with Crippen LogP contribution in [0.2, 0.25) is 0 Å². The molecular weight excluding hydrogens is 304 g/mol. The Labute approximate surface area is 142 Å². The van der Waals surface area contributed by atoms with Crippen LogP contribution in [0.25, 0.3) is 11.3 Å². The predicted octanol–water partition coefficient (Wildman–Crippen LogP) is 1.68. The monoisotopic (exact) mass is 328 g/mol. The molecule has 1 aliphatic rings. The van der Waals surface area contributed by atoms with E-state index in [0.717, 1.165) is 50.3 Å². The second-order valence-electron chi connectivity index (χ2n) is 6.10. The Kier molecular flexibility index (Phi) is 5.61. The highest BCUT2D eigenvalue weighted by atomic mass is 16.3. The lowest BCUT2D eigenvalue weighted by molar-refractivity contribution is 0.0947. The van der Waals surface area contributed by atoms with E-state index in [1.807, 2.05) is 31.2 Å². The predicted molar refractivity (Wildman–Crippen MR) is 92.9 cm³/mol. The minimum Gasteiger partial charge on any atom is -0.443 e. The van der Waals surface area contributed by atoms with Gasteiger partial charge in [0, 0.05) is 38.3 Å². The smallest absolute Gasteiger partial charge is 0.273 e. The Morgan fingerprint density at radius 2 is 2.04 bits per heavy atom. The topological polar surface area (TPSA) is 70.4 Å². The molecule has 1 fully saturated rings. The van der Waals surface area contributed by atoms with E-state index < -0.39 is 0 Å². The van der Waals surface area contributed by atoms with Crippen LogP contribution in [0.3, 0.4) is 0 Å². The van der Waals surface area contributed by atoms with Gasteiger partial charge in [0.15, 0.2) is 17.8 Å². The number of nitrogens with zero attached hydrogens (tertiary/aromatic N) is 2. The molecule has 1 aliphatic heterocycles. The molecule has 2 aromatic rings. The number of rotatable bonds is 6. The maximum atomic E-state index is 12.4. The first-order chi connectivity index (χ1) is 11.7. The maximum Gasteiger partial charge on any atom is 0.273 e. The van der Waals surface area contributed by atoms with Gasteiger partial charge in [-0.2, -0.15) is 0 Å².